The van der Waals surface area contributed by atoms with Crippen molar-refractivity contribution in [2.45, 2.75) is 25.8 Å². The van der Waals surface area contributed by atoms with Crippen molar-refractivity contribution < 1.29 is 19.1 Å². The number of nitrogens with one attached hydrogen (secondary N) is 1. The standard InChI is InChI=1S/C13H16FNO3/c1-9-3-2-4-10(7-9)5-6-12(16)15-11(8-14)13(17)18/h2-4,7,11H,5-6,8H2,1H3,(H,15,16)(H,17,18). The highest BCUT2D eigenvalue weighted by Gasteiger charge is 2.19. The number of alkyl halides is 1. The van der Waals surface area contributed by atoms with E-state index < -0.39 is 24.6 Å². The molecule has 0 aromatic heterocycles. The maximum absolute atomic E-state index is 12.3. The molecule has 4 nitrogen and oxygen atoms in total. The van der Waals surface area contributed by atoms with E-state index in [1.807, 2.05) is 31.2 Å². The van der Waals surface area contributed by atoms with E-state index >= 15 is 0 Å². The topological polar surface area (TPSA) is 66.4 Å². The van der Waals surface area contributed by atoms with Crippen molar-refractivity contribution in [3.8, 4) is 0 Å². The van der Waals surface area contributed by atoms with E-state index in [1.54, 1.807) is 0 Å². The summed E-state index contributed by atoms with van der Waals surface area (Å²) in [6, 6.07) is 6.24. The van der Waals surface area contributed by atoms with Crippen LogP contribution >= 0.6 is 0 Å². The molecule has 0 bridgehead atoms. The summed E-state index contributed by atoms with van der Waals surface area (Å²) in [6.45, 7) is 0.846. The number of aliphatic carboxylic acids is 1. The van der Waals surface area contributed by atoms with Crippen LogP contribution in [0.1, 0.15) is 17.5 Å². The van der Waals surface area contributed by atoms with Gasteiger partial charge in [-0.3, -0.25) is 4.79 Å². The van der Waals surface area contributed by atoms with Crippen molar-refractivity contribution >= 4 is 11.9 Å². The fourth-order valence-electron chi connectivity index (χ4n) is 1.56. The molecular weight excluding hydrogens is 237 g/mol. The van der Waals surface area contributed by atoms with Crippen molar-refractivity contribution in [1.29, 1.82) is 0 Å². The van der Waals surface area contributed by atoms with Gasteiger partial charge in [0.25, 0.3) is 0 Å². The zero-order valence-electron chi connectivity index (χ0n) is 10.1. The Morgan fingerprint density at radius 2 is 2.17 bits per heavy atom. The molecule has 1 rings (SSSR count). The quantitative estimate of drug-likeness (QED) is 0.806. The van der Waals surface area contributed by atoms with Gasteiger partial charge < -0.3 is 10.4 Å². The Morgan fingerprint density at radius 1 is 1.44 bits per heavy atom. The summed E-state index contributed by atoms with van der Waals surface area (Å²) < 4.78 is 12.3. The van der Waals surface area contributed by atoms with Crippen molar-refractivity contribution in [2.75, 3.05) is 6.67 Å². The fourth-order valence-corrected chi connectivity index (χ4v) is 1.56. The molecule has 0 aliphatic rings. The first-order valence-corrected chi connectivity index (χ1v) is 5.66. The Kier molecular flexibility index (Phi) is 5.30. The summed E-state index contributed by atoms with van der Waals surface area (Å²) in [6.07, 6.45) is 0.652. The number of carbonyl (C=O) groups is 2. The Labute approximate surface area is 105 Å². The second-order valence-corrected chi connectivity index (χ2v) is 4.10. The molecule has 0 spiro atoms. The lowest BCUT2D eigenvalue weighted by Crippen LogP contribution is -2.42. The number of benzene rings is 1. The van der Waals surface area contributed by atoms with E-state index in [0.717, 1.165) is 11.1 Å². The third kappa shape index (κ3) is 4.53. The van der Waals surface area contributed by atoms with E-state index in [9.17, 15) is 14.0 Å². The average Bonchev–Trinajstić information content (AvgIpc) is 2.33. The number of carboxylic acids is 1. The Morgan fingerprint density at radius 3 is 2.72 bits per heavy atom. The Balaban J connectivity index is 2.44. The molecule has 0 aliphatic carbocycles. The number of carboxylic acid groups (broad SMARTS) is 1. The van der Waals surface area contributed by atoms with Gasteiger partial charge in [0.15, 0.2) is 6.04 Å². The van der Waals surface area contributed by atoms with Crippen LogP contribution in [0.4, 0.5) is 4.39 Å². The molecule has 0 aliphatic heterocycles. The molecule has 5 heteroatoms. The molecule has 1 aromatic carbocycles. The van der Waals surface area contributed by atoms with Crippen LogP contribution in [0.25, 0.3) is 0 Å². The predicted molar refractivity (Wildman–Crippen MR) is 65.0 cm³/mol. The van der Waals surface area contributed by atoms with Gasteiger partial charge in [0.2, 0.25) is 5.91 Å². The van der Waals surface area contributed by atoms with Gasteiger partial charge in [-0.05, 0) is 18.9 Å². The van der Waals surface area contributed by atoms with Crippen molar-refractivity contribution in [2.24, 2.45) is 0 Å². The van der Waals surface area contributed by atoms with Crippen LogP contribution in [0.3, 0.4) is 0 Å². The van der Waals surface area contributed by atoms with Gasteiger partial charge in [0.05, 0.1) is 0 Å². The van der Waals surface area contributed by atoms with E-state index in [4.69, 9.17) is 5.11 Å². The van der Waals surface area contributed by atoms with Crippen molar-refractivity contribution in [3.63, 3.8) is 0 Å². The smallest absolute Gasteiger partial charge is 0.328 e. The number of aryl methyl sites for hydroxylation is 2. The van der Waals surface area contributed by atoms with E-state index in [-0.39, 0.29) is 6.42 Å². The molecule has 18 heavy (non-hydrogen) atoms. The average molecular weight is 253 g/mol. The molecule has 0 saturated carbocycles. The lowest BCUT2D eigenvalue weighted by atomic mass is 10.1. The summed E-state index contributed by atoms with van der Waals surface area (Å²) in [5.41, 5.74) is 2.09. The van der Waals surface area contributed by atoms with Crippen LogP contribution in [-0.2, 0) is 16.0 Å². The third-order valence-corrected chi connectivity index (χ3v) is 2.51. The molecular formula is C13H16FNO3. The Hall–Kier alpha value is -1.91. The molecule has 98 valence electrons. The summed E-state index contributed by atoms with van der Waals surface area (Å²) in [5, 5.41) is 10.7. The lowest BCUT2D eigenvalue weighted by molar-refractivity contribution is -0.142. The molecule has 1 aromatic rings. The zero-order valence-corrected chi connectivity index (χ0v) is 10.1. The maximum atomic E-state index is 12.3. The van der Waals surface area contributed by atoms with Gasteiger partial charge >= 0.3 is 5.97 Å². The fraction of sp³-hybridized carbons (Fsp3) is 0.385. The van der Waals surface area contributed by atoms with Gasteiger partial charge in [0, 0.05) is 6.42 Å². The number of carbonyl (C=O) groups excluding carboxylic acids is 1. The van der Waals surface area contributed by atoms with Crippen LogP contribution in [-0.4, -0.2) is 29.7 Å². The van der Waals surface area contributed by atoms with Crippen LogP contribution in [0.2, 0.25) is 0 Å². The van der Waals surface area contributed by atoms with Crippen molar-refractivity contribution in [1.82, 2.24) is 5.32 Å². The first-order valence-electron chi connectivity index (χ1n) is 5.66. The Bertz CT molecular complexity index is 434. The van der Waals surface area contributed by atoms with Gasteiger partial charge in [-0.1, -0.05) is 29.8 Å². The maximum Gasteiger partial charge on any atom is 0.328 e. The largest absolute Gasteiger partial charge is 0.480 e. The SMILES string of the molecule is Cc1cccc(CCC(=O)NC(CF)C(=O)O)c1. The van der Waals surface area contributed by atoms with E-state index in [1.165, 1.54) is 0 Å². The number of hydrogen-bond donors (Lipinski definition) is 2. The lowest BCUT2D eigenvalue weighted by Gasteiger charge is -2.10. The molecule has 2 N–H and O–H groups in total. The second-order valence-electron chi connectivity index (χ2n) is 4.10. The number of rotatable bonds is 6. The predicted octanol–water partition coefficient (Wildman–Crippen LogP) is 1.47. The third-order valence-electron chi connectivity index (χ3n) is 2.51. The minimum atomic E-state index is -1.45. The van der Waals surface area contributed by atoms with Crippen LogP contribution in [0.5, 0.6) is 0 Å². The number of hydrogen-bond acceptors (Lipinski definition) is 2. The molecule has 1 unspecified atom stereocenters. The van der Waals surface area contributed by atoms with Gasteiger partial charge in [-0.15, -0.1) is 0 Å². The highest BCUT2D eigenvalue weighted by atomic mass is 19.1. The first-order chi connectivity index (χ1) is 8.52. The van der Waals surface area contributed by atoms with Crippen LogP contribution in [0.15, 0.2) is 24.3 Å². The summed E-state index contributed by atoms with van der Waals surface area (Å²) in [7, 11) is 0. The number of halogens is 1. The second kappa shape index (κ2) is 6.74. The van der Waals surface area contributed by atoms with Gasteiger partial charge in [-0.25, -0.2) is 9.18 Å². The first kappa shape index (κ1) is 14.2. The minimum Gasteiger partial charge on any atom is -0.480 e. The van der Waals surface area contributed by atoms with Crippen LogP contribution < -0.4 is 5.32 Å². The monoisotopic (exact) mass is 253 g/mol. The molecule has 0 radical (unpaired) electrons. The molecule has 1 amide bonds. The highest BCUT2D eigenvalue weighted by molar-refractivity contribution is 5.83. The molecule has 1 atom stereocenters. The normalized spacial score (nSPS) is 11.9. The molecule has 0 saturated heterocycles. The molecule has 0 fully saturated rings. The highest BCUT2D eigenvalue weighted by Crippen LogP contribution is 2.06. The van der Waals surface area contributed by atoms with E-state index in [0.29, 0.717) is 6.42 Å². The number of amides is 1. The van der Waals surface area contributed by atoms with Gasteiger partial charge in [0.1, 0.15) is 6.67 Å². The minimum absolute atomic E-state index is 0.146. The van der Waals surface area contributed by atoms with Crippen molar-refractivity contribution in [3.05, 3.63) is 35.4 Å². The van der Waals surface area contributed by atoms with Crippen LogP contribution in [0, 0.1) is 6.92 Å². The zero-order chi connectivity index (χ0) is 13.5. The van der Waals surface area contributed by atoms with E-state index in [2.05, 4.69) is 5.32 Å². The summed E-state index contributed by atoms with van der Waals surface area (Å²) in [4.78, 5) is 22.0. The summed E-state index contributed by atoms with van der Waals surface area (Å²) >= 11 is 0. The summed E-state index contributed by atoms with van der Waals surface area (Å²) in [5.74, 6) is -1.82. The molecule has 0 heterocycles. The van der Waals surface area contributed by atoms with Gasteiger partial charge in [-0.2, -0.15) is 0 Å².